The summed E-state index contributed by atoms with van der Waals surface area (Å²) in [6.45, 7) is 15.2. The second-order valence-electron chi connectivity index (χ2n) is 22.2. The molecule has 2 aromatic heterocycles. The molecule has 0 saturated heterocycles. The molecule has 0 spiro atoms. The number of nitrogens with zero attached hydrogens (tertiary/aromatic N) is 2. The van der Waals surface area contributed by atoms with E-state index in [9.17, 15) is 39.6 Å². The standard InChI is InChI=1S/C66H62N2O8/c1-33(2)53-21-49(51(29-69)30-70)22-54(34(3)4)61(53)67-63(73)57-25-45-17-41-13-37-9-11-39-15-43-19-47-27-59-60(66(76)68(65(59)75)62-55(35(5)6)23-50(52(31-71)32-72)24-56(62)36(7)8)28-48(47)20-44(43)16-40(39)12-10-38(37)14-42(41)18-46(45)26-58(57)64(67)74/h9-28,33-36,51-52,69-72H,29-32H2,1-8H3. The van der Waals surface area contributed by atoms with E-state index in [0.29, 0.717) is 32.9 Å². The highest BCUT2D eigenvalue weighted by molar-refractivity contribution is 6.10. The molecule has 9 aromatic carbocycles. The molecule has 4 N–H and O–H groups in total. The summed E-state index contributed by atoms with van der Waals surface area (Å²) < 4.78 is 2.66. The van der Waals surface area contributed by atoms with E-state index in [4.69, 9.17) is 0 Å². The summed E-state index contributed by atoms with van der Waals surface area (Å²) in [7, 11) is 0. The van der Waals surface area contributed by atoms with Crippen LogP contribution >= 0.6 is 0 Å². The predicted octanol–water partition coefficient (Wildman–Crippen LogP) is 12.0. The minimum absolute atomic E-state index is 0.0562. The fraction of sp³-hybridized carbons (Fsp3) is 0.273. The van der Waals surface area contributed by atoms with Gasteiger partial charge in [-0.1, -0.05) is 104 Å². The lowest BCUT2D eigenvalue weighted by Crippen LogP contribution is -2.27. The molecule has 10 nitrogen and oxygen atoms in total. The monoisotopic (exact) mass is 1010 g/mol. The number of hydrogen-bond donors (Lipinski definition) is 4. The summed E-state index contributed by atoms with van der Waals surface area (Å²) in [5, 5.41) is 53.1. The Morgan fingerprint density at radius 2 is 0.500 bits per heavy atom. The van der Waals surface area contributed by atoms with E-state index in [1.807, 2.05) is 104 Å². The Morgan fingerprint density at radius 3 is 0.697 bits per heavy atom. The highest BCUT2D eigenvalue weighted by Gasteiger charge is 2.27. The van der Waals surface area contributed by atoms with Crippen LogP contribution in [-0.4, -0.2) is 56.0 Å². The average molecular weight is 1010 g/mol. The Labute approximate surface area is 438 Å². The molecule has 11 aromatic rings. The molecule has 76 heavy (non-hydrogen) atoms. The lowest BCUT2D eigenvalue weighted by molar-refractivity contribution is 0.192. The van der Waals surface area contributed by atoms with E-state index < -0.39 is 11.8 Å². The minimum atomic E-state index is -0.482. The van der Waals surface area contributed by atoms with Crippen LogP contribution in [0.4, 0.5) is 0 Å². The van der Waals surface area contributed by atoms with Gasteiger partial charge in [0.05, 0.1) is 59.3 Å². The molecule has 10 heteroatoms. The molecule has 0 amide bonds. The highest BCUT2D eigenvalue weighted by atomic mass is 16.3. The van der Waals surface area contributed by atoms with E-state index in [1.165, 1.54) is 9.13 Å². The number of aliphatic hydroxyl groups is 4. The lowest BCUT2D eigenvalue weighted by Gasteiger charge is -2.23. The first-order valence-electron chi connectivity index (χ1n) is 26.5. The van der Waals surface area contributed by atoms with Crippen molar-refractivity contribution in [3.8, 4) is 11.4 Å². The quantitative estimate of drug-likeness (QED) is 0.0881. The van der Waals surface area contributed by atoms with Gasteiger partial charge in [-0.3, -0.25) is 19.2 Å². The summed E-state index contributed by atoms with van der Waals surface area (Å²) in [5.74, 6) is -1.19. The van der Waals surface area contributed by atoms with Crippen molar-refractivity contribution in [3.05, 3.63) is 196 Å². The third-order valence-corrected chi connectivity index (χ3v) is 16.0. The van der Waals surface area contributed by atoms with Gasteiger partial charge in [0.15, 0.2) is 0 Å². The van der Waals surface area contributed by atoms with Crippen molar-refractivity contribution in [2.24, 2.45) is 0 Å². The molecule has 384 valence electrons. The number of fused-ring (bicyclic) bond motifs is 8. The van der Waals surface area contributed by atoms with Gasteiger partial charge in [-0.05, 0) is 194 Å². The number of aromatic nitrogens is 2. The maximum Gasteiger partial charge on any atom is 0.266 e. The predicted molar refractivity (Wildman–Crippen MR) is 312 cm³/mol. The van der Waals surface area contributed by atoms with E-state index in [-0.39, 0.29) is 72.3 Å². The molecule has 2 heterocycles. The Balaban J connectivity index is 1.02. The SMILES string of the molecule is CC(C)c1cc(C(CO)CO)cc(C(C)C)c1-n1c(=O)c2cc3cc4cc5ccc6cc7cc8cc9c(=O)n(-c%10c(C(C)C)cc(C(CO)CO)cc%10C(C)C)c(=O)c9cc8cc7cc6ccc5cc4cc3cc2c1=O. The smallest absolute Gasteiger partial charge is 0.266 e. The topological polar surface area (TPSA) is 159 Å². The molecule has 0 radical (unpaired) electrons. The summed E-state index contributed by atoms with van der Waals surface area (Å²) in [5.41, 5.74) is 4.44. The Morgan fingerprint density at radius 1 is 0.303 bits per heavy atom. The van der Waals surface area contributed by atoms with Crippen molar-refractivity contribution in [1.82, 2.24) is 9.13 Å². The lowest BCUT2D eigenvalue weighted by atomic mass is 9.86. The molecular weight excluding hydrogens is 949 g/mol. The first-order valence-corrected chi connectivity index (χ1v) is 26.5. The Hall–Kier alpha value is -7.60. The van der Waals surface area contributed by atoms with Crippen molar-refractivity contribution < 1.29 is 20.4 Å². The molecule has 0 fully saturated rings. The van der Waals surface area contributed by atoms with Gasteiger partial charge in [0, 0.05) is 11.8 Å². The zero-order valence-corrected chi connectivity index (χ0v) is 44.2. The van der Waals surface area contributed by atoms with E-state index in [1.54, 1.807) is 0 Å². The molecular formula is C66H62N2O8. The van der Waals surface area contributed by atoms with Crippen LogP contribution in [0.1, 0.15) is 124 Å². The summed E-state index contributed by atoms with van der Waals surface area (Å²) in [6.07, 6.45) is 0. The molecule has 0 aliphatic carbocycles. The molecule has 0 aliphatic heterocycles. The van der Waals surface area contributed by atoms with Gasteiger partial charge < -0.3 is 20.4 Å². The molecule has 11 rings (SSSR count). The maximum absolute atomic E-state index is 14.5. The van der Waals surface area contributed by atoms with Crippen LogP contribution in [-0.2, 0) is 0 Å². The fourth-order valence-corrected chi connectivity index (χ4v) is 11.7. The van der Waals surface area contributed by atoms with Crippen LogP contribution in [0.15, 0.2) is 141 Å². The number of hydrogen-bond acceptors (Lipinski definition) is 8. The van der Waals surface area contributed by atoms with Crippen LogP contribution in [0.3, 0.4) is 0 Å². The van der Waals surface area contributed by atoms with Crippen LogP contribution in [0.2, 0.25) is 0 Å². The van der Waals surface area contributed by atoms with Crippen LogP contribution in [0, 0.1) is 0 Å². The molecule has 0 atom stereocenters. The van der Waals surface area contributed by atoms with E-state index in [2.05, 4.69) is 72.8 Å². The van der Waals surface area contributed by atoms with Crippen molar-refractivity contribution in [2.45, 2.75) is 90.9 Å². The maximum atomic E-state index is 14.5. The summed E-state index contributed by atoms with van der Waals surface area (Å²) in [4.78, 5) is 58.0. The summed E-state index contributed by atoms with van der Waals surface area (Å²) >= 11 is 0. The Bertz CT molecular complexity index is 3920. The second kappa shape index (κ2) is 19.2. The largest absolute Gasteiger partial charge is 0.396 e. The third-order valence-electron chi connectivity index (χ3n) is 16.0. The third kappa shape index (κ3) is 8.17. The normalized spacial score (nSPS) is 12.6. The second-order valence-corrected chi connectivity index (χ2v) is 22.2. The van der Waals surface area contributed by atoms with Gasteiger partial charge in [-0.25, -0.2) is 9.13 Å². The highest BCUT2D eigenvalue weighted by Crippen LogP contribution is 2.38. The van der Waals surface area contributed by atoms with E-state index in [0.717, 1.165) is 98.0 Å². The number of benzene rings is 8. The summed E-state index contributed by atoms with van der Waals surface area (Å²) in [6, 6.07) is 40.4. The van der Waals surface area contributed by atoms with Crippen molar-refractivity contribution >= 4 is 86.2 Å². The number of rotatable bonds is 12. The number of aliphatic hydroxyl groups excluding tert-OH is 4. The van der Waals surface area contributed by atoms with Crippen LogP contribution in [0.5, 0.6) is 0 Å². The van der Waals surface area contributed by atoms with Gasteiger partial charge >= 0.3 is 0 Å². The Kier molecular flexibility index (Phi) is 12.8. The first kappa shape index (κ1) is 50.6. The molecule has 0 bridgehead atoms. The van der Waals surface area contributed by atoms with Gasteiger partial charge in [-0.2, -0.15) is 0 Å². The van der Waals surface area contributed by atoms with Gasteiger partial charge in [-0.15, -0.1) is 0 Å². The average Bonchev–Trinajstić information content (AvgIpc) is 3.79. The van der Waals surface area contributed by atoms with Gasteiger partial charge in [0.25, 0.3) is 22.2 Å². The van der Waals surface area contributed by atoms with Crippen molar-refractivity contribution in [2.75, 3.05) is 26.4 Å². The van der Waals surface area contributed by atoms with E-state index >= 15 is 0 Å². The minimum Gasteiger partial charge on any atom is -0.396 e. The van der Waals surface area contributed by atoms with Crippen LogP contribution < -0.4 is 22.2 Å². The van der Waals surface area contributed by atoms with Gasteiger partial charge in [0.2, 0.25) is 0 Å². The van der Waals surface area contributed by atoms with Crippen molar-refractivity contribution in [1.29, 1.82) is 0 Å². The zero-order chi connectivity index (χ0) is 53.8. The van der Waals surface area contributed by atoms with Gasteiger partial charge in [0.1, 0.15) is 0 Å². The first-order chi connectivity index (χ1) is 36.4. The van der Waals surface area contributed by atoms with Crippen LogP contribution in [0.25, 0.3) is 97.6 Å². The zero-order valence-electron chi connectivity index (χ0n) is 44.2. The van der Waals surface area contributed by atoms with Crippen molar-refractivity contribution in [3.63, 3.8) is 0 Å². The molecule has 0 saturated carbocycles. The fourth-order valence-electron chi connectivity index (χ4n) is 11.7. The molecule has 0 aliphatic rings. The molecule has 0 unspecified atom stereocenters.